The quantitative estimate of drug-likeness (QED) is 0.796. The molecule has 0 aromatic carbocycles. The second-order valence-electron chi connectivity index (χ2n) is 5.92. The first-order valence-electron chi connectivity index (χ1n) is 8.04. The number of hydrogen-bond donors (Lipinski definition) is 1. The molecule has 0 aliphatic carbocycles. The van der Waals surface area contributed by atoms with Gasteiger partial charge in [-0.15, -0.1) is 0 Å². The Hall–Kier alpha value is -2.69. The van der Waals surface area contributed by atoms with Crippen molar-refractivity contribution >= 4 is 11.7 Å². The summed E-state index contributed by atoms with van der Waals surface area (Å²) < 4.78 is 0. The van der Waals surface area contributed by atoms with Gasteiger partial charge in [0, 0.05) is 56.3 Å². The molecule has 0 aliphatic rings. The first kappa shape index (κ1) is 17.7. The van der Waals surface area contributed by atoms with Crippen LogP contribution < -0.4 is 10.2 Å². The number of pyridine rings is 2. The fourth-order valence-corrected chi connectivity index (χ4v) is 2.34. The molecule has 126 valence electrons. The number of likely N-dealkylation sites (N-methyl/N-ethyl adjacent to an activating group) is 1. The lowest BCUT2D eigenvalue weighted by Crippen LogP contribution is -2.26. The number of carbonyl (C=O) groups is 1. The number of nitrogens with one attached hydrogen (secondary N) is 1. The van der Waals surface area contributed by atoms with E-state index in [1.165, 1.54) is 0 Å². The lowest BCUT2D eigenvalue weighted by Gasteiger charge is -2.21. The molecule has 2 rings (SSSR count). The fraction of sp³-hybridized carbons (Fsp3) is 0.316. The molecule has 0 atom stereocenters. The molecule has 5 nitrogen and oxygen atoms in total. The smallest absolute Gasteiger partial charge is 0.244 e. The molecule has 2 aromatic heterocycles. The average Bonchev–Trinajstić information content (AvgIpc) is 2.58. The summed E-state index contributed by atoms with van der Waals surface area (Å²) in [5.41, 5.74) is 3.03. The molecule has 2 heterocycles. The van der Waals surface area contributed by atoms with Crippen LogP contribution in [0.1, 0.15) is 25.1 Å². The van der Waals surface area contributed by atoms with Gasteiger partial charge < -0.3 is 10.2 Å². The van der Waals surface area contributed by atoms with Crippen molar-refractivity contribution in [2.45, 2.75) is 26.8 Å². The Morgan fingerprint density at radius 2 is 1.96 bits per heavy atom. The summed E-state index contributed by atoms with van der Waals surface area (Å²) in [4.78, 5) is 22.7. The Bertz CT molecular complexity index is 694. The molecule has 2 aromatic rings. The highest BCUT2D eigenvalue weighted by Gasteiger charge is 2.09. The molecule has 24 heavy (non-hydrogen) atoms. The van der Waals surface area contributed by atoms with Gasteiger partial charge in [0.25, 0.3) is 0 Å². The van der Waals surface area contributed by atoms with Crippen molar-refractivity contribution in [2.24, 2.45) is 0 Å². The molecule has 0 bridgehead atoms. The van der Waals surface area contributed by atoms with E-state index >= 15 is 0 Å². The molecular formula is C19H24N4O. The number of nitrogens with zero attached hydrogens (tertiary/aromatic N) is 3. The van der Waals surface area contributed by atoms with Crippen LogP contribution in [0.15, 0.2) is 54.4 Å². The maximum Gasteiger partial charge on any atom is 0.244 e. The van der Waals surface area contributed by atoms with Gasteiger partial charge in [-0.3, -0.25) is 9.78 Å². The summed E-state index contributed by atoms with van der Waals surface area (Å²) >= 11 is 0. The van der Waals surface area contributed by atoms with Crippen molar-refractivity contribution in [2.75, 3.05) is 18.5 Å². The largest absolute Gasteiger partial charge is 0.359 e. The van der Waals surface area contributed by atoms with E-state index in [4.69, 9.17) is 0 Å². The highest BCUT2D eigenvalue weighted by molar-refractivity contribution is 5.88. The number of anilines is 1. The molecule has 0 fully saturated rings. The van der Waals surface area contributed by atoms with Gasteiger partial charge in [-0.1, -0.05) is 17.7 Å². The molecular weight excluding hydrogens is 300 g/mol. The summed E-state index contributed by atoms with van der Waals surface area (Å²) in [7, 11) is 2.01. The Morgan fingerprint density at radius 3 is 2.67 bits per heavy atom. The van der Waals surface area contributed by atoms with Crippen LogP contribution in [-0.4, -0.2) is 29.5 Å². The maximum atomic E-state index is 11.8. The summed E-state index contributed by atoms with van der Waals surface area (Å²) in [6.45, 7) is 5.07. The summed E-state index contributed by atoms with van der Waals surface area (Å²) in [6.07, 6.45) is 6.02. The van der Waals surface area contributed by atoms with Crippen LogP contribution in [-0.2, 0) is 17.8 Å². The van der Waals surface area contributed by atoms with Gasteiger partial charge in [0.2, 0.25) is 5.91 Å². The minimum atomic E-state index is -0.0825. The Balaban J connectivity index is 1.99. The minimum absolute atomic E-state index is 0.0825. The molecule has 1 amide bonds. The monoisotopic (exact) mass is 324 g/mol. The predicted molar refractivity (Wildman–Crippen MR) is 96.7 cm³/mol. The van der Waals surface area contributed by atoms with E-state index in [1.54, 1.807) is 18.5 Å². The number of aromatic nitrogens is 2. The molecule has 0 radical (unpaired) electrons. The van der Waals surface area contributed by atoms with E-state index in [1.807, 2.05) is 51.2 Å². The van der Waals surface area contributed by atoms with Gasteiger partial charge in [-0.25, -0.2) is 4.98 Å². The zero-order valence-electron chi connectivity index (χ0n) is 14.5. The number of amides is 1. The third-order valence-corrected chi connectivity index (χ3v) is 3.53. The van der Waals surface area contributed by atoms with Gasteiger partial charge in [0.1, 0.15) is 5.82 Å². The second kappa shape index (κ2) is 8.82. The van der Waals surface area contributed by atoms with E-state index in [9.17, 15) is 4.79 Å². The van der Waals surface area contributed by atoms with E-state index < -0.39 is 0 Å². The van der Waals surface area contributed by atoms with E-state index in [-0.39, 0.29) is 5.91 Å². The minimum Gasteiger partial charge on any atom is -0.359 e. The van der Waals surface area contributed by atoms with Crippen molar-refractivity contribution < 1.29 is 4.79 Å². The summed E-state index contributed by atoms with van der Waals surface area (Å²) in [6, 6.07) is 9.81. The Labute approximate surface area is 143 Å². The number of allylic oxidation sites excluding steroid dienone is 1. The Morgan fingerprint density at radius 1 is 1.17 bits per heavy atom. The van der Waals surface area contributed by atoms with E-state index in [0.717, 1.165) is 35.6 Å². The zero-order valence-corrected chi connectivity index (χ0v) is 14.5. The number of hydrogen-bond acceptors (Lipinski definition) is 4. The first-order valence-corrected chi connectivity index (χ1v) is 8.04. The van der Waals surface area contributed by atoms with Gasteiger partial charge in [-0.2, -0.15) is 0 Å². The zero-order chi connectivity index (χ0) is 17.4. The SMILES string of the molecule is CC(C)=CC(=O)NCc1cccnc1N(C)CCc1ccccn1. The highest BCUT2D eigenvalue weighted by Crippen LogP contribution is 2.16. The molecule has 0 spiro atoms. The number of carbonyl (C=O) groups excluding carboxylic acids is 1. The van der Waals surface area contributed by atoms with Crippen molar-refractivity contribution in [3.63, 3.8) is 0 Å². The fourth-order valence-electron chi connectivity index (χ4n) is 2.34. The molecule has 0 saturated heterocycles. The second-order valence-corrected chi connectivity index (χ2v) is 5.92. The molecule has 0 unspecified atom stereocenters. The van der Waals surface area contributed by atoms with Crippen LogP contribution in [0.5, 0.6) is 0 Å². The van der Waals surface area contributed by atoms with Crippen LogP contribution in [0, 0.1) is 0 Å². The summed E-state index contributed by atoms with van der Waals surface area (Å²) in [5.74, 6) is 0.798. The van der Waals surface area contributed by atoms with Gasteiger partial charge in [0.05, 0.1) is 0 Å². The lowest BCUT2D eigenvalue weighted by atomic mass is 10.2. The third-order valence-electron chi connectivity index (χ3n) is 3.53. The van der Waals surface area contributed by atoms with E-state index in [2.05, 4.69) is 20.2 Å². The normalized spacial score (nSPS) is 10.1. The predicted octanol–water partition coefficient (Wildman–Crippen LogP) is 2.74. The van der Waals surface area contributed by atoms with Gasteiger partial charge >= 0.3 is 0 Å². The van der Waals surface area contributed by atoms with Crippen LogP contribution in [0.25, 0.3) is 0 Å². The van der Waals surface area contributed by atoms with Crippen LogP contribution in [0.2, 0.25) is 0 Å². The van der Waals surface area contributed by atoms with Crippen LogP contribution in [0.4, 0.5) is 5.82 Å². The standard InChI is InChI=1S/C19H24N4O/c1-15(2)13-18(24)22-14-16-7-6-11-21-19(16)23(3)12-9-17-8-4-5-10-20-17/h4-8,10-11,13H,9,12,14H2,1-3H3,(H,22,24). The molecule has 5 heteroatoms. The number of rotatable bonds is 7. The van der Waals surface area contributed by atoms with E-state index in [0.29, 0.717) is 6.54 Å². The van der Waals surface area contributed by atoms with Crippen molar-refractivity contribution in [1.29, 1.82) is 0 Å². The first-order chi connectivity index (χ1) is 11.6. The molecule has 0 aliphatic heterocycles. The van der Waals surface area contributed by atoms with Crippen molar-refractivity contribution in [3.05, 3.63) is 65.6 Å². The lowest BCUT2D eigenvalue weighted by molar-refractivity contribution is -0.116. The third kappa shape index (κ3) is 5.50. The molecule has 0 saturated carbocycles. The Kier molecular flexibility index (Phi) is 6.49. The van der Waals surface area contributed by atoms with Gasteiger partial charge in [0.15, 0.2) is 0 Å². The average molecular weight is 324 g/mol. The van der Waals surface area contributed by atoms with Crippen molar-refractivity contribution in [3.8, 4) is 0 Å². The van der Waals surface area contributed by atoms with Gasteiger partial charge in [-0.05, 0) is 32.0 Å². The topological polar surface area (TPSA) is 58.1 Å². The van der Waals surface area contributed by atoms with Crippen molar-refractivity contribution in [1.82, 2.24) is 15.3 Å². The molecule has 1 N–H and O–H groups in total. The maximum absolute atomic E-state index is 11.8. The summed E-state index contributed by atoms with van der Waals surface area (Å²) in [5, 5.41) is 2.91. The van der Waals surface area contributed by atoms with Crippen LogP contribution in [0.3, 0.4) is 0 Å². The highest BCUT2D eigenvalue weighted by atomic mass is 16.1. The van der Waals surface area contributed by atoms with Crippen LogP contribution >= 0.6 is 0 Å².